The Morgan fingerprint density at radius 2 is 2.20 bits per heavy atom. The van der Waals surface area contributed by atoms with Crippen molar-refractivity contribution in [3.05, 3.63) is 22.2 Å². The van der Waals surface area contributed by atoms with Crippen LogP contribution in [0.15, 0.2) is 21.5 Å². The number of hydrogen-bond donors (Lipinski definition) is 3. The molecule has 0 spiro atoms. The second-order valence-corrected chi connectivity index (χ2v) is 7.17. The molecule has 1 aliphatic heterocycles. The van der Waals surface area contributed by atoms with Crippen LogP contribution < -0.4 is 10.0 Å². The summed E-state index contributed by atoms with van der Waals surface area (Å²) in [4.78, 5) is 11.4. The van der Waals surface area contributed by atoms with Gasteiger partial charge in [-0.15, -0.1) is 0 Å². The lowest BCUT2D eigenvalue weighted by atomic mass is 10.2. The Labute approximate surface area is 125 Å². The van der Waals surface area contributed by atoms with Gasteiger partial charge < -0.3 is 10.4 Å². The maximum Gasteiger partial charge on any atom is 0.241 e. The van der Waals surface area contributed by atoms with E-state index in [1.165, 1.54) is 6.07 Å². The van der Waals surface area contributed by atoms with Gasteiger partial charge in [0.15, 0.2) is 0 Å². The van der Waals surface area contributed by atoms with Gasteiger partial charge in [-0.05, 0) is 40.0 Å². The van der Waals surface area contributed by atoms with Crippen LogP contribution in [0, 0.1) is 0 Å². The summed E-state index contributed by atoms with van der Waals surface area (Å²) in [6.45, 7) is 1.72. The van der Waals surface area contributed by atoms with Gasteiger partial charge in [-0.3, -0.25) is 4.79 Å². The lowest BCUT2D eigenvalue weighted by Crippen LogP contribution is -2.32. The van der Waals surface area contributed by atoms with E-state index in [1.807, 2.05) is 0 Å². The third kappa shape index (κ3) is 3.20. The third-order valence-electron chi connectivity index (χ3n) is 3.05. The fourth-order valence-corrected chi connectivity index (χ4v) is 4.02. The summed E-state index contributed by atoms with van der Waals surface area (Å²) in [7, 11) is -3.73. The van der Waals surface area contributed by atoms with Gasteiger partial charge in [0.2, 0.25) is 15.9 Å². The number of sulfonamides is 1. The zero-order valence-corrected chi connectivity index (χ0v) is 13.2. The molecular formula is C12H15BrN2O4S. The number of fused-ring (bicyclic) bond motifs is 1. The monoisotopic (exact) mass is 362 g/mol. The predicted molar refractivity (Wildman–Crippen MR) is 78.0 cm³/mol. The molecule has 8 heteroatoms. The molecule has 1 unspecified atom stereocenters. The minimum atomic E-state index is -3.73. The number of aliphatic hydroxyl groups is 1. The van der Waals surface area contributed by atoms with Crippen molar-refractivity contribution >= 4 is 37.5 Å². The molecule has 6 nitrogen and oxygen atoms in total. The maximum absolute atomic E-state index is 12.2. The van der Waals surface area contributed by atoms with Crippen molar-refractivity contribution in [1.29, 1.82) is 0 Å². The Balaban J connectivity index is 2.29. The number of aliphatic hydroxyl groups excluding tert-OH is 1. The zero-order chi connectivity index (χ0) is 14.9. The number of carbonyl (C=O) groups is 1. The molecule has 3 N–H and O–H groups in total. The quantitative estimate of drug-likeness (QED) is 0.727. The summed E-state index contributed by atoms with van der Waals surface area (Å²) in [5.41, 5.74) is 1.27. The molecule has 1 aromatic rings. The van der Waals surface area contributed by atoms with Crippen LogP contribution in [0.3, 0.4) is 0 Å². The summed E-state index contributed by atoms with van der Waals surface area (Å²) in [6, 6.07) is 3.04. The largest absolute Gasteiger partial charge is 0.392 e. The average molecular weight is 363 g/mol. The Kier molecular flexibility index (Phi) is 4.48. The number of rotatable bonds is 5. The first kappa shape index (κ1) is 15.4. The normalized spacial score (nSPS) is 15.8. The molecule has 1 amide bonds. The molecule has 1 heterocycles. The van der Waals surface area contributed by atoms with E-state index in [4.69, 9.17) is 0 Å². The van der Waals surface area contributed by atoms with Crippen molar-refractivity contribution in [1.82, 2.24) is 4.72 Å². The maximum atomic E-state index is 12.2. The van der Waals surface area contributed by atoms with E-state index in [0.717, 1.165) is 0 Å². The molecule has 0 aromatic heterocycles. The van der Waals surface area contributed by atoms with E-state index in [2.05, 4.69) is 26.0 Å². The molecule has 0 bridgehead atoms. The fraction of sp³-hybridized carbons (Fsp3) is 0.417. The summed E-state index contributed by atoms with van der Waals surface area (Å²) < 4.78 is 27.1. The molecule has 0 saturated carbocycles. The van der Waals surface area contributed by atoms with Gasteiger partial charge in [-0.2, -0.15) is 0 Å². The SMILES string of the molecule is CCC(O)CNS(=O)(=O)c1cc2c(cc1Br)NC(=O)C2. The van der Waals surface area contributed by atoms with Crippen LogP contribution in [0.25, 0.3) is 0 Å². The zero-order valence-electron chi connectivity index (χ0n) is 10.8. The number of benzene rings is 1. The van der Waals surface area contributed by atoms with E-state index in [0.29, 0.717) is 22.1 Å². The lowest BCUT2D eigenvalue weighted by Gasteiger charge is -2.12. The molecule has 0 fully saturated rings. The van der Waals surface area contributed by atoms with Gasteiger partial charge in [-0.1, -0.05) is 6.92 Å². The first-order valence-electron chi connectivity index (χ1n) is 6.13. The van der Waals surface area contributed by atoms with Crippen LogP contribution >= 0.6 is 15.9 Å². The Morgan fingerprint density at radius 3 is 2.85 bits per heavy atom. The van der Waals surface area contributed by atoms with Crippen LogP contribution in [0.4, 0.5) is 5.69 Å². The first-order chi connectivity index (χ1) is 9.33. The van der Waals surface area contributed by atoms with Crippen LogP contribution in [0.5, 0.6) is 0 Å². The van der Waals surface area contributed by atoms with E-state index in [9.17, 15) is 18.3 Å². The summed E-state index contributed by atoms with van der Waals surface area (Å²) >= 11 is 3.20. The molecule has 1 aromatic carbocycles. The van der Waals surface area contributed by atoms with Gasteiger partial charge in [0.25, 0.3) is 0 Å². The van der Waals surface area contributed by atoms with E-state index in [-0.39, 0.29) is 23.8 Å². The Hall–Kier alpha value is -0.960. The Morgan fingerprint density at radius 1 is 1.50 bits per heavy atom. The number of carbonyl (C=O) groups excluding carboxylic acids is 1. The standard InChI is InChI=1S/C12H15BrN2O4S/c1-2-8(16)6-14-20(18,19)11-3-7-4-12(17)15-10(7)5-9(11)13/h3,5,8,14,16H,2,4,6H2,1H3,(H,15,17). The minimum absolute atomic E-state index is 0.0421. The molecule has 110 valence electrons. The second-order valence-electron chi connectivity index (χ2n) is 4.58. The number of hydrogen-bond acceptors (Lipinski definition) is 4. The number of amides is 1. The van der Waals surface area contributed by atoms with Gasteiger partial charge in [0.1, 0.15) is 0 Å². The van der Waals surface area contributed by atoms with Gasteiger partial charge in [-0.25, -0.2) is 13.1 Å². The van der Waals surface area contributed by atoms with Crippen molar-refractivity contribution in [2.24, 2.45) is 0 Å². The van der Waals surface area contributed by atoms with E-state index < -0.39 is 16.1 Å². The minimum Gasteiger partial charge on any atom is -0.392 e. The van der Waals surface area contributed by atoms with Crippen molar-refractivity contribution in [3.8, 4) is 0 Å². The number of nitrogens with one attached hydrogen (secondary N) is 2. The van der Waals surface area contributed by atoms with Crippen molar-refractivity contribution < 1.29 is 18.3 Å². The van der Waals surface area contributed by atoms with Gasteiger partial charge in [0, 0.05) is 16.7 Å². The predicted octanol–water partition coefficient (Wildman–Crippen LogP) is 0.993. The van der Waals surface area contributed by atoms with Crippen molar-refractivity contribution in [3.63, 3.8) is 0 Å². The van der Waals surface area contributed by atoms with E-state index in [1.54, 1.807) is 13.0 Å². The van der Waals surface area contributed by atoms with E-state index >= 15 is 0 Å². The smallest absolute Gasteiger partial charge is 0.241 e. The van der Waals surface area contributed by atoms with Crippen LogP contribution in [0.1, 0.15) is 18.9 Å². The number of anilines is 1. The molecule has 0 aliphatic carbocycles. The third-order valence-corrected chi connectivity index (χ3v) is 5.43. The fourth-order valence-electron chi connectivity index (χ4n) is 1.86. The van der Waals surface area contributed by atoms with Gasteiger partial charge >= 0.3 is 0 Å². The van der Waals surface area contributed by atoms with Crippen LogP contribution in [-0.4, -0.2) is 32.1 Å². The molecule has 0 saturated heterocycles. The Bertz CT molecular complexity index is 645. The van der Waals surface area contributed by atoms with Crippen LogP contribution in [-0.2, 0) is 21.2 Å². The number of halogens is 1. The molecule has 1 atom stereocenters. The molecule has 20 heavy (non-hydrogen) atoms. The average Bonchev–Trinajstić information content (AvgIpc) is 2.74. The highest BCUT2D eigenvalue weighted by molar-refractivity contribution is 9.10. The van der Waals surface area contributed by atoms with Crippen LogP contribution in [0.2, 0.25) is 0 Å². The van der Waals surface area contributed by atoms with Crippen molar-refractivity contribution in [2.75, 3.05) is 11.9 Å². The highest BCUT2D eigenvalue weighted by Gasteiger charge is 2.25. The lowest BCUT2D eigenvalue weighted by molar-refractivity contribution is -0.115. The topological polar surface area (TPSA) is 95.5 Å². The first-order valence-corrected chi connectivity index (χ1v) is 8.41. The molecule has 1 aliphatic rings. The summed E-state index contributed by atoms with van der Waals surface area (Å²) in [6.07, 6.45) is -0.0871. The highest BCUT2D eigenvalue weighted by Crippen LogP contribution is 2.32. The highest BCUT2D eigenvalue weighted by atomic mass is 79.9. The van der Waals surface area contributed by atoms with Gasteiger partial charge in [0.05, 0.1) is 17.4 Å². The summed E-state index contributed by atoms with van der Waals surface area (Å²) in [5, 5.41) is 12.1. The molecule has 2 rings (SSSR count). The molecule has 0 radical (unpaired) electrons. The second kappa shape index (κ2) is 5.80. The summed E-state index contributed by atoms with van der Waals surface area (Å²) in [5.74, 6) is -0.157. The molecular weight excluding hydrogens is 348 g/mol. The van der Waals surface area contributed by atoms with Crippen molar-refractivity contribution in [2.45, 2.75) is 30.8 Å².